The second-order valence-corrected chi connectivity index (χ2v) is 4.53. The number of nitrogens with one attached hydrogen (secondary N) is 1. The third-order valence-electron chi connectivity index (χ3n) is 3.25. The molecule has 0 spiro atoms. The molecule has 1 saturated carbocycles. The summed E-state index contributed by atoms with van der Waals surface area (Å²) in [5.74, 6) is -2.48. The van der Waals surface area contributed by atoms with E-state index in [0.717, 1.165) is 0 Å². The highest BCUT2D eigenvalue weighted by molar-refractivity contribution is 5.93. The molecule has 0 aromatic rings. The summed E-state index contributed by atoms with van der Waals surface area (Å²) in [7, 11) is 0. The zero-order valence-corrected chi connectivity index (χ0v) is 11.0. The van der Waals surface area contributed by atoms with Gasteiger partial charge in [-0.15, -0.1) is 0 Å². The van der Waals surface area contributed by atoms with Crippen LogP contribution in [0.2, 0.25) is 0 Å². The first-order valence-electron chi connectivity index (χ1n) is 6.24. The maximum Gasteiger partial charge on any atom is 0.307 e. The summed E-state index contributed by atoms with van der Waals surface area (Å²) < 4.78 is 0. The average molecular weight is 256 g/mol. The Kier molecular flexibility index (Phi) is 4.69. The van der Waals surface area contributed by atoms with Gasteiger partial charge in [-0.05, 0) is 27.2 Å². The van der Waals surface area contributed by atoms with E-state index in [1.807, 2.05) is 13.8 Å². The van der Waals surface area contributed by atoms with Crippen LogP contribution in [-0.2, 0) is 14.4 Å². The van der Waals surface area contributed by atoms with Crippen LogP contribution in [-0.4, -0.2) is 46.9 Å². The normalized spacial score (nSPS) is 23.1. The second-order valence-electron chi connectivity index (χ2n) is 4.53. The summed E-state index contributed by atoms with van der Waals surface area (Å²) in [6, 6.07) is -0.604. The quantitative estimate of drug-likeness (QED) is 0.704. The molecule has 0 aromatic heterocycles. The Hall–Kier alpha value is -1.59. The molecular formula is C12H20N2O4. The molecule has 6 heteroatoms. The molecule has 3 unspecified atom stereocenters. The number of carbonyl (C=O) groups excluding carboxylic acids is 2. The van der Waals surface area contributed by atoms with Crippen LogP contribution < -0.4 is 5.32 Å². The molecule has 3 atom stereocenters. The first-order chi connectivity index (χ1) is 8.42. The molecule has 102 valence electrons. The molecule has 6 nitrogen and oxygen atoms in total. The van der Waals surface area contributed by atoms with Crippen LogP contribution in [0.4, 0.5) is 0 Å². The predicted octanol–water partition coefficient (Wildman–Crippen LogP) is 0.0802. The van der Waals surface area contributed by atoms with E-state index in [-0.39, 0.29) is 11.8 Å². The fourth-order valence-electron chi connectivity index (χ4n) is 1.95. The third kappa shape index (κ3) is 3.21. The van der Waals surface area contributed by atoms with Crippen LogP contribution in [0.1, 0.15) is 27.2 Å². The Labute approximate surface area is 106 Å². The molecule has 2 amide bonds. The molecule has 1 rings (SSSR count). The SMILES string of the molecule is CCN(CC)C(=O)C(C)NC(=O)C1CC1C(=O)O. The zero-order chi connectivity index (χ0) is 13.9. The van der Waals surface area contributed by atoms with E-state index in [9.17, 15) is 14.4 Å². The van der Waals surface area contributed by atoms with Gasteiger partial charge in [0, 0.05) is 13.1 Å². The molecule has 0 heterocycles. The van der Waals surface area contributed by atoms with Gasteiger partial charge in [-0.3, -0.25) is 14.4 Å². The number of carboxylic acid groups (broad SMARTS) is 1. The molecule has 0 saturated heterocycles. The summed E-state index contributed by atoms with van der Waals surface area (Å²) in [5.41, 5.74) is 0. The second kappa shape index (κ2) is 5.84. The van der Waals surface area contributed by atoms with Gasteiger partial charge >= 0.3 is 5.97 Å². The Morgan fingerprint density at radius 1 is 1.28 bits per heavy atom. The molecule has 0 bridgehead atoms. The lowest BCUT2D eigenvalue weighted by Crippen LogP contribution is -2.47. The molecule has 1 aliphatic carbocycles. The van der Waals surface area contributed by atoms with Crippen molar-refractivity contribution in [2.75, 3.05) is 13.1 Å². The highest BCUT2D eigenvalue weighted by atomic mass is 16.4. The Morgan fingerprint density at radius 3 is 2.22 bits per heavy atom. The van der Waals surface area contributed by atoms with Crippen molar-refractivity contribution >= 4 is 17.8 Å². The molecule has 1 aliphatic rings. The summed E-state index contributed by atoms with van der Waals surface area (Å²) in [4.78, 5) is 35.9. The van der Waals surface area contributed by atoms with Crippen LogP contribution in [0, 0.1) is 11.8 Å². The number of carboxylic acids is 1. The summed E-state index contributed by atoms with van der Waals surface area (Å²) in [5, 5.41) is 11.3. The fourth-order valence-corrected chi connectivity index (χ4v) is 1.95. The van der Waals surface area contributed by atoms with E-state index >= 15 is 0 Å². The van der Waals surface area contributed by atoms with E-state index in [1.54, 1.807) is 11.8 Å². The Bertz CT molecular complexity index is 352. The Morgan fingerprint density at radius 2 is 1.83 bits per heavy atom. The topological polar surface area (TPSA) is 86.7 Å². The van der Waals surface area contributed by atoms with Gasteiger partial charge < -0.3 is 15.3 Å². The first-order valence-corrected chi connectivity index (χ1v) is 6.24. The third-order valence-corrected chi connectivity index (χ3v) is 3.25. The number of amides is 2. The van der Waals surface area contributed by atoms with Gasteiger partial charge in [0.25, 0.3) is 0 Å². The van der Waals surface area contributed by atoms with Crippen molar-refractivity contribution in [1.29, 1.82) is 0 Å². The molecule has 18 heavy (non-hydrogen) atoms. The predicted molar refractivity (Wildman–Crippen MR) is 64.8 cm³/mol. The lowest BCUT2D eigenvalue weighted by Gasteiger charge is -2.23. The van der Waals surface area contributed by atoms with Crippen molar-refractivity contribution in [3.05, 3.63) is 0 Å². The van der Waals surface area contributed by atoms with Crippen molar-refractivity contribution in [1.82, 2.24) is 10.2 Å². The van der Waals surface area contributed by atoms with Crippen molar-refractivity contribution in [2.45, 2.75) is 33.2 Å². The molecule has 0 aromatic carbocycles. The number of rotatable bonds is 6. The summed E-state index contributed by atoms with van der Waals surface area (Å²) in [6.07, 6.45) is 0.368. The largest absolute Gasteiger partial charge is 0.481 e. The molecule has 2 N–H and O–H groups in total. The van der Waals surface area contributed by atoms with Crippen molar-refractivity contribution in [2.24, 2.45) is 11.8 Å². The number of likely N-dealkylation sites (N-methyl/N-ethyl adjacent to an activating group) is 1. The number of hydrogen-bond donors (Lipinski definition) is 2. The maximum absolute atomic E-state index is 11.9. The monoisotopic (exact) mass is 256 g/mol. The van der Waals surface area contributed by atoms with Gasteiger partial charge in [0.2, 0.25) is 11.8 Å². The fraction of sp³-hybridized carbons (Fsp3) is 0.750. The van der Waals surface area contributed by atoms with Gasteiger partial charge in [0.05, 0.1) is 11.8 Å². The minimum Gasteiger partial charge on any atom is -0.481 e. The highest BCUT2D eigenvalue weighted by Gasteiger charge is 2.48. The van der Waals surface area contributed by atoms with E-state index in [0.29, 0.717) is 19.5 Å². The number of hydrogen-bond acceptors (Lipinski definition) is 3. The van der Waals surface area contributed by atoms with Crippen molar-refractivity contribution in [3.63, 3.8) is 0 Å². The molecule has 1 fully saturated rings. The van der Waals surface area contributed by atoms with Crippen molar-refractivity contribution < 1.29 is 19.5 Å². The van der Waals surface area contributed by atoms with Crippen LogP contribution in [0.3, 0.4) is 0 Å². The number of carbonyl (C=O) groups is 3. The molecule has 0 aliphatic heterocycles. The molecule has 0 radical (unpaired) electrons. The zero-order valence-electron chi connectivity index (χ0n) is 11.0. The van der Waals surface area contributed by atoms with E-state index in [2.05, 4.69) is 5.32 Å². The average Bonchev–Trinajstić information content (AvgIpc) is 3.10. The van der Waals surface area contributed by atoms with E-state index < -0.39 is 23.8 Å². The van der Waals surface area contributed by atoms with Gasteiger partial charge in [-0.25, -0.2) is 0 Å². The van der Waals surface area contributed by atoms with Gasteiger partial charge in [-0.1, -0.05) is 0 Å². The molecular weight excluding hydrogens is 236 g/mol. The van der Waals surface area contributed by atoms with Gasteiger partial charge in [-0.2, -0.15) is 0 Å². The van der Waals surface area contributed by atoms with Gasteiger partial charge in [0.1, 0.15) is 6.04 Å². The van der Waals surface area contributed by atoms with Crippen LogP contribution in [0.5, 0.6) is 0 Å². The van der Waals surface area contributed by atoms with Crippen LogP contribution in [0.25, 0.3) is 0 Å². The minimum absolute atomic E-state index is 0.138. The Balaban J connectivity index is 2.45. The van der Waals surface area contributed by atoms with Crippen LogP contribution >= 0.6 is 0 Å². The lowest BCUT2D eigenvalue weighted by atomic mass is 10.2. The standard InChI is InChI=1S/C12H20N2O4/c1-4-14(5-2)11(16)7(3)13-10(15)8-6-9(8)12(17)18/h7-9H,4-6H2,1-3H3,(H,13,15)(H,17,18). The van der Waals surface area contributed by atoms with Crippen molar-refractivity contribution in [3.8, 4) is 0 Å². The smallest absolute Gasteiger partial charge is 0.307 e. The van der Waals surface area contributed by atoms with E-state index in [1.165, 1.54) is 0 Å². The maximum atomic E-state index is 11.9. The number of nitrogens with zero attached hydrogens (tertiary/aromatic N) is 1. The van der Waals surface area contributed by atoms with E-state index in [4.69, 9.17) is 5.11 Å². The summed E-state index contributed by atoms with van der Waals surface area (Å²) >= 11 is 0. The highest BCUT2D eigenvalue weighted by Crippen LogP contribution is 2.38. The van der Waals surface area contributed by atoms with Crippen LogP contribution in [0.15, 0.2) is 0 Å². The minimum atomic E-state index is -0.946. The van der Waals surface area contributed by atoms with Gasteiger partial charge in [0.15, 0.2) is 0 Å². The summed E-state index contributed by atoms with van der Waals surface area (Å²) in [6.45, 7) is 6.55. The first kappa shape index (κ1) is 14.5. The lowest BCUT2D eigenvalue weighted by molar-refractivity contribution is -0.140. The number of aliphatic carboxylic acids is 1.